The lowest BCUT2D eigenvalue weighted by Gasteiger charge is -2.27. The summed E-state index contributed by atoms with van der Waals surface area (Å²) in [5, 5.41) is 0. The van der Waals surface area contributed by atoms with Crippen molar-refractivity contribution in [2.24, 2.45) is 5.92 Å². The van der Waals surface area contributed by atoms with Gasteiger partial charge in [-0.15, -0.1) is 0 Å². The van der Waals surface area contributed by atoms with Crippen LogP contribution in [0.1, 0.15) is 56.6 Å². The van der Waals surface area contributed by atoms with E-state index in [0.29, 0.717) is 23.5 Å². The molecule has 0 amide bonds. The van der Waals surface area contributed by atoms with Crippen molar-refractivity contribution < 1.29 is 23.8 Å². The lowest BCUT2D eigenvalue weighted by atomic mass is 9.87. The Morgan fingerprint density at radius 2 is 1.74 bits per heavy atom. The number of nitrogens with two attached hydrogens (primary N) is 2. The monoisotopic (exact) mass is 480 g/mol. The van der Waals surface area contributed by atoms with E-state index in [9.17, 15) is 9.59 Å². The molecule has 1 saturated carbocycles. The fraction of sp³-hybridized carbons (Fsp3) is 0.429. The maximum atomic E-state index is 12.5. The fourth-order valence-corrected chi connectivity index (χ4v) is 4.02. The van der Waals surface area contributed by atoms with Crippen LogP contribution in [0, 0.1) is 5.92 Å². The minimum Gasteiger partial charge on any atom is -0.462 e. The lowest BCUT2D eigenvalue weighted by Crippen LogP contribution is -2.29. The Morgan fingerprint density at radius 3 is 2.43 bits per heavy atom. The number of benzene rings is 2. The van der Waals surface area contributed by atoms with E-state index in [4.69, 9.17) is 25.7 Å². The van der Waals surface area contributed by atoms with Gasteiger partial charge in [0.2, 0.25) is 0 Å². The molecule has 0 saturated heterocycles. The van der Waals surface area contributed by atoms with Crippen LogP contribution in [0.4, 0.5) is 11.4 Å². The third-order valence-corrected chi connectivity index (χ3v) is 6.16. The van der Waals surface area contributed by atoms with E-state index in [-0.39, 0.29) is 24.6 Å². The van der Waals surface area contributed by atoms with Gasteiger partial charge in [-0.3, -0.25) is 4.79 Å². The number of hydrogen-bond acceptors (Lipinski definition) is 7. The van der Waals surface area contributed by atoms with Crippen molar-refractivity contribution >= 4 is 29.4 Å². The molecule has 1 aliphatic rings. The summed E-state index contributed by atoms with van der Waals surface area (Å²) >= 11 is 0. The molecule has 2 aromatic carbocycles. The minimum absolute atomic E-state index is 0.0843. The van der Waals surface area contributed by atoms with Gasteiger partial charge in [-0.05, 0) is 73.6 Å². The minimum atomic E-state index is -0.441. The molecule has 0 bridgehead atoms. The normalized spacial score (nSPS) is 17.9. The zero-order valence-corrected chi connectivity index (χ0v) is 20.4. The molecule has 0 radical (unpaired) electrons. The molecule has 0 atom stereocenters. The summed E-state index contributed by atoms with van der Waals surface area (Å²) in [6.07, 6.45) is 9.40. The van der Waals surface area contributed by atoms with Gasteiger partial charge in [0.15, 0.2) is 0 Å². The largest absolute Gasteiger partial charge is 0.462 e. The summed E-state index contributed by atoms with van der Waals surface area (Å²) in [4.78, 5) is 24.5. The smallest absolute Gasteiger partial charge is 0.330 e. The van der Waals surface area contributed by atoms with Crippen molar-refractivity contribution in [2.45, 2.75) is 58.0 Å². The average molecular weight is 481 g/mol. The van der Waals surface area contributed by atoms with Crippen LogP contribution in [-0.2, 0) is 25.5 Å². The Hall–Kier alpha value is -3.32. The van der Waals surface area contributed by atoms with Gasteiger partial charge in [-0.2, -0.15) is 0 Å². The van der Waals surface area contributed by atoms with Gasteiger partial charge in [0.05, 0.1) is 18.6 Å². The number of carbonyl (C=O) groups excluding carboxylic acids is 2. The first kappa shape index (κ1) is 26.3. The number of hydrogen-bond donors (Lipinski definition) is 2. The predicted octanol–water partition coefficient (Wildman–Crippen LogP) is 4.93. The maximum Gasteiger partial charge on any atom is 0.330 e. The Labute approximate surface area is 207 Å². The van der Waals surface area contributed by atoms with Gasteiger partial charge < -0.3 is 25.7 Å². The summed E-state index contributed by atoms with van der Waals surface area (Å²) in [6, 6.07) is 12.3. The summed E-state index contributed by atoms with van der Waals surface area (Å²) in [5.74, 6) is -0.217. The Bertz CT molecular complexity index is 995. The molecule has 35 heavy (non-hydrogen) atoms. The maximum absolute atomic E-state index is 12.5. The Morgan fingerprint density at radius 1 is 1.00 bits per heavy atom. The third-order valence-electron chi connectivity index (χ3n) is 6.16. The van der Waals surface area contributed by atoms with Gasteiger partial charge in [0.25, 0.3) is 0 Å². The van der Waals surface area contributed by atoms with Gasteiger partial charge >= 0.3 is 11.9 Å². The Kier molecular flexibility index (Phi) is 10.2. The third kappa shape index (κ3) is 8.76. The SMILES string of the molecule is CCCCOC1CCC(C(=O)Oc2ccc(C=CC(=O)OCCc3ccc(N)cc3N)cc2)CC1. The van der Waals surface area contributed by atoms with Crippen molar-refractivity contribution in [1.29, 1.82) is 0 Å². The van der Waals surface area contributed by atoms with E-state index in [1.165, 1.54) is 6.08 Å². The van der Waals surface area contributed by atoms with Crippen LogP contribution in [0.3, 0.4) is 0 Å². The van der Waals surface area contributed by atoms with Crippen molar-refractivity contribution in [1.82, 2.24) is 0 Å². The molecule has 3 rings (SSSR count). The molecule has 0 unspecified atom stereocenters. The van der Waals surface area contributed by atoms with Crippen LogP contribution in [0.2, 0.25) is 0 Å². The molecule has 4 N–H and O–H groups in total. The second-order valence-corrected chi connectivity index (χ2v) is 8.90. The van der Waals surface area contributed by atoms with E-state index in [1.54, 1.807) is 42.5 Å². The van der Waals surface area contributed by atoms with Crippen LogP contribution in [0.25, 0.3) is 6.08 Å². The predicted molar refractivity (Wildman–Crippen MR) is 138 cm³/mol. The first-order valence-corrected chi connectivity index (χ1v) is 12.4. The van der Waals surface area contributed by atoms with Crippen molar-refractivity contribution in [3.05, 3.63) is 59.7 Å². The van der Waals surface area contributed by atoms with Crippen molar-refractivity contribution in [3.8, 4) is 5.75 Å². The molecule has 0 aliphatic heterocycles. The zero-order valence-electron chi connectivity index (χ0n) is 20.4. The molecule has 7 nitrogen and oxygen atoms in total. The molecule has 1 fully saturated rings. The number of ether oxygens (including phenoxy) is 3. The number of rotatable bonds is 11. The van der Waals surface area contributed by atoms with Gasteiger partial charge in [-0.25, -0.2) is 4.79 Å². The molecule has 0 heterocycles. The van der Waals surface area contributed by atoms with Crippen LogP contribution in [0.15, 0.2) is 48.5 Å². The summed E-state index contributed by atoms with van der Waals surface area (Å²) in [5.41, 5.74) is 14.5. The number of anilines is 2. The van der Waals surface area contributed by atoms with E-state index in [0.717, 1.165) is 56.3 Å². The molecule has 7 heteroatoms. The highest BCUT2D eigenvalue weighted by atomic mass is 16.5. The fourth-order valence-electron chi connectivity index (χ4n) is 4.02. The highest BCUT2D eigenvalue weighted by Gasteiger charge is 2.28. The second-order valence-electron chi connectivity index (χ2n) is 8.90. The lowest BCUT2D eigenvalue weighted by molar-refractivity contribution is -0.141. The average Bonchev–Trinajstić information content (AvgIpc) is 2.85. The van der Waals surface area contributed by atoms with Crippen LogP contribution in [-0.4, -0.2) is 31.3 Å². The second kappa shape index (κ2) is 13.5. The molecule has 1 aliphatic carbocycles. The molecule has 188 valence electrons. The van der Waals surface area contributed by atoms with Crippen LogP contribution < -0.4 is 16.2 Å². The standard InChI is InChI=1S/C28H36N2O5/c1-2-3-17-33-24-13-8-22(9-14-24)28(32)35-25-11-4-20(5-12-25)6-15-27(31)34-18-16-21-7-10-23(29)19-26(21)30/h4-7,10-12,15,19,22,24H,2-3,8-9,13-14,16-18,29-30H2,1H3. The van der Waals surface area contributed by atoms with E-state index >= 15 is 0 Å². The first-order chi connectivity index (χ1) is 16.9. The number of nitrogen functional groups attached to an aromatic ring is 2. The van der Waals surface area contributed by atoms with Gasteiger partial charge in [0.1, 0.15) is 5.75 Å². The quantitative estimate of drug-likeness (QED) is 0.154. The number of esters is 2. The molecule has 0 spiro atoms. The topological polar surface area (TPSA) is 114 Å². The molecule has 0 aromatic heterocycles. The molecular formula is C28H36N2O5. The van der Waals surface area contributed by atoms with Crippen molar-refractivity contribution in [2.75, 3.05) is 24.7 Å². The van der Waals surface area contributed by atoms with Crippen LogP contribution >= 0.6 is 0 Å². The Balaban J connectivity index is 1.38. The van der Waals surface area contributed by atoms with Gasteiger partial charge in [-0.1, -0.05) is 31.5 Å². The number of carbonyl (C=O) groups is 2. The first-order valence-electron chi connectivity index (χ1n) is 12.4. The summed E-state index contributed by atoms with van der Waals surface area (Å²) < 4.78 is 16.7. The number of unbranched alkanes of at least 4 members (excludes halogenated alkanes) is 1. The zero-order chi connectivity index (χ0) is 25.0. The van der Waals surface area contributed by atoms with E-state index < -0.39 is 5.97 Å². The van der Waals surface area contributed by atoms with Gasteiger partial charge in [0, 0.05) is 30.5 Å². The summed E-state index contributed by atoms with van der Waals surface area (Å²) in [6.45, 7) is 3.17. The van der Waals surface area contributed by atoms with Crippen molar-refractivity contribution in [3.63, 3.8) is 0 Å². The van der Waals surface area contributed by atoms with E-state index in [2.05, 4.69) is 6.92 Å². The molecule has 2 aromatic rings. The molecular weight excluding hydrogens is 444 g/mol. The highest BCUT2D eigenvalue weighted by molar-refractivity contribution is 5.87. The van der Waals surface area contributed by atoms with Crippen LogP contribution in [0.5, 0.6) is 5.75 Å². The van der Waals surface area contributed by atoms with E-state index in [1.807, 2.05) is 6.07 Å². The summed E-state index contributed by atoms with van der Waals surface area (Å²) in [7, 11) is 0. The highest BCUT2D eigenvalue weighted by Crippen LogP contribution is 2.28.